The molecule has 0 aliphatic heterocycles. The molecular weight excluding hydrogens is 337 g/mol. The number of nitriles is 1. The Kier molecular flexibility index (Phi) is 5.04. The summed E-state index contributed by atoms with van der Waals surface area (Å²) in [6, 6.07) is 3.42. The van der Waals surface area contributed by atoms with Crippen LogP contribution in [0.5, 0.6) is 0 Å². The van der Waals surface area contributed by atoms with E-state index in [1.54, 1.807) is 6.26 Å². The van der Waals surface area contributed by atoms with Crippen LogP contribution in [0.1, 0.15) is 11.3 Å². The Labute approximate surface area is 131 Å². The van der Waals surface area contributed by atoms with Gasteiger partial charge in [0.1, 0.15) is 33.9 Å². The third-order valence-corrected chi connectivity index (χ3v) is 3.88. The van der Waals surface area contributed by atoms with Crippen LogP contribution in [0.3, 0.4) is 0 Å². The van der Waals surface area contributed by atoms with Gasteiger partial charge in [0.2, 0.25) is 0 Å². The Bertz CT molecular complexity index is 712. The van der Waals surface area contributed by atoms with E-state index < -0.39 is 12.7 Å². The smallest absolute Gasteiger partial charge is 0.266 e. The summed E-state index contributed by atoms with van der Waals surface area (Å²) in [5, 5.41) is 17.7. The second-order valence-corrected chi connectivity index (χ2v) is 5.50. The van der Waals surface area contributed by atoms with Crippen molar-refractivity contribution in [2.45, 2.75) is 17.7 Å². The van der Waals surface area contributed by atoms with Gasteiger partial charge in [-0.1, -0.05) is 0 Å². The predicted molar refractivity (Wildman–Crippen MR) is 78.1 cm³/mol. The molecular formula is C11H9F3N6S2. The first-order chi connectivity index (χ1) is 10.4. The lowest BCUT2D eigenvalue weighted by Gasteiger charge is -2.04. The largest absolute Gasteiger partial charge is 0.408 e. The Morgan fingerprint density at radius 1 is 1.59 bits per heavy atom. The first kappa shape index (κ1) is 16.3. The van der Waals surface area contributed by atoms with Gasteiger partial charge in [-0.25, -0.2) is 0 Å². The number of hydrazone groups is 1. The lowest BCUT2D eigenvalue weighted by Crippen LogP contribution is -2.18. The summed E-state index contributed by atoms with van der Waals surface area (Å²) in [7, 11) is 0. The minimum absolute atomic E-state index is 0.268. The first-order valence-corrected chi connectivity index (χ1v) is 7.76. The van der Waals surface area contributed by atoms with Crippen molar-refractivity contribution in [1.29, 1.82) is 5.26 Å². The van der Waals surface area contributed by atoms with Crippen molar-refractivity contribution < 1.29 is 13.2 Å². The number of hydrogen-bond acceptors (Lipinski definition) is 7. The second-order valence-electron chi connectivity index (χ2n) is 3.93. The molecule has 0 amide bonds. The summed E-state index contributed by atoms with van der Waals surface area (Å²) in [5.74, 6) is 0. The Morgan fingerprint density at radius 3 is 3.00 bits per heavy atom. The molecule has 0 radical (unpaired) electrons. The summed E-state index contributed by atoms with van der Waals surface area (Å²) < 4.78 is 41.4. The SMILES string of the molecule is CSc1nsc(NN=Cc2ccn(CC(F)(F)F)n2)c1C#N. The zero-order valence-corrected chi connectivity index (χ0v) is 12.8. The van der Waals surface area contributed by atoms with Crippen molar-refractivity contribution >= 4 is 34.5 Å². The number of alkyl halides is 3. The molecule has 0 spiro atoms. The van der Waals surface area contributed by atoms with Crippen molar-refractivity contribution in [2.75, 3.05) is 11.7 Å². The van der Waals surface area contributed by atoms with Crippen molar-refractivity contribution in [3.05, 3.63) is 23.5 Å². The maximum Gasteiger partial charge on any atom is 0.408 e. The van der Waals surface area contributed by atoms with E-state index in [0.29, 0.717) is 15.6 Å². The molecule has 2 aromatic rings. The summed E-state index contributed by atoms with van der Waals surface area (Å²) in [5.41, 5.74) is 3.30. The van der Waals surface area contributed by atoms with Gasteiger partial charge in [-0.2, -0.15) is 33.0 Å². The zero-order chi connectivity index (χ0) is 16.2. The third kappa shape index (κ3) is 4.22. The number of hydrogen-bond donors (Lipinski definition) is 1. The van der Waals surface area contributed by atoms with Gasteiger partial charge < -0.3 is 0 Å². The Morgan fingerprint density at radius 2 is 2.36 bits per heavy atom. The predicted octanol–water partition coefficient (Wildman–Crippen LogP) is 2.94. The molecule has 0 unspecified atom stereocenters. The first-order valence-electron chi connectivity index (χ1n) is 5.76. The van der Waals surface area contributed by atoms with E-state index >= 15 is 0 Å². The standard InChI is InChI=1S/C11H9F3N6S2/c1-21-10-8(4-15)9(22-19-10)17-16-5-7-2-3-20(18-7)6-11(12,13)14/h2-3,5,17H,6H2,1H3. The molecule has 116 valence electrons. The van der Waals surface area contributed by atoms with Crippen molar-refractivity contribution in [3.63, 3.8) is 0 Å². The van der Waals surface area contributed by atoms with Crippen LogP contribution in [0.4, 0.5) is 18.2 Å². The summed E-state index contributed by atoms with van der Waals surface area (Å²) in [6.07, 6.45) is -0.0337. The number of aromatic nitrogens is 3. The van der Waals surface area contributed by atoms with Gasteiger partial charge in [0, 0.05) is 6.20 Å². The molecule has 2 rings (SSSR count). The minimum atomic E-state index is -4.32. The Balaban J connectivity index is 2.02. The number of anilines is 1. The topological polar surface area (TPSA) is 78.9 Å². The maximum atomic E-state index is 12.2. The van der Waals surface area contributed by atoms with Gasteiger partial charge in [-0.3, -0.25) is 10.1 Å². The van der Waals surface area contributed by atoms with E-state index in [4.69, 9.17) is 5.26 Å². The summed E-state index contributed by atoms with van der Waals surface area (Å²) >= 11 is 2.42. The van der Waals surface area contributed by atoms with Crippen LogP contribution >= 0.6 is 23.3 Å². The highest BCUT2D eigenvalue weighted by Crippen LogP contribution is 2.29. The van der Waals surface area contributed by atoms with Crippen LogP contribution in [0.15, 0.2) is 22.4 Å². The number of nitrogens with one attached hydrogen (secondary N) is 1. The highest BCUT2D eigenvalue weighted by Gasteiger charge is 2.28. The van der Waals surface area contributed by atoms with Crippen LogP contribution in [0.2, 0.25) is 0 Å². The molecule has 1 N–H and O–H groups in total. The monoisotopic (exact) mass is 346 g/mol. The van der Waals surface area contributed by atoms with E-state index in [-0.39, 0.29) is 5.69 Å². The van der Waals surface area contributed by atoms with Crippen LogP contribution in [-0.4, -0.2) is 32.8 Å². The van der Waals surface area contributed by atoms with E-state index in [1.807, 2.05) is 6.07 Å². The van der Waals surface area contributed by atoms with Crippen molar-refractivity contribution in [2.24, 2.45) is 5.10 Å². The average Bonchev–Trinajstić information content (AvgIpc) is 3.03. The van der Waals surface area contributed by atoms with E-state index in [1.165, 1.54) is 30.2 Å². The molecule has 11 heteroatoms. The van der Waals surface area contributed by atoms with Gasteiger partial charge in [0.15, 0.2) is 0 Å². The highest BCUT2D eigenvalue weighted by atomic mass is 32.2. The fourth-order valence-corrected chi connectivity index (χ4v) is 2.88. The molecule has 0 aliphatic carbocycles. The second kappa shape index (κ2) is 6.80. The van der Waals surface area contributed by atoms with Gasteiger partial charge >= 0.3 is 6.18 Å². The lowest BCUT2D eigenvalue weighted by molar-refractivity contribution is -0.142. The van der Waals surface area contributed by atoms with E-state index in [9.17, 15) is 13.2 Å². The van der Waals surface area contributed by atoms with E-state index in [0.717, 1.165) is 16.2 Å². The van der Waals surface area contributed by atoms with Gasteiger partial charge in [0.25, 0.3) is 0 Å². The molecule has 0 saturated heterocycles. The van der Waals surface area contributed by atoms with Gasteiger partial charge in [0.05, 0.1) is 6.21 Å². The molecule has 0 bridgehead atoms. The summed E-state index contributed by atoms with van der Waals surface area (Å²) in [6.45, 7) is -1.15. The highest BCUT2D eigenvalue weighted by molar-refractivity contribution is 7.98. The van der Waals surface area contributed by atoms with Gasteiger partial charge in [-0.05, 0) is 23.9 Å². The average molecular weight is 346 g/mol. The third-order valence-electron chi connectivity index (χ3n) is 2.33. The van der Waals surface area contributed by atoms with E-state index in [2.05, 4.69) is 20.0 Å². The number of thioether (sulfide) groups is 1. The summed E-state index contributed by atoms with van der Waals surface area (Å²) in [4.78, 5) is 0. The van der Waals surface area contributed by atoms with Crippen LogP contribution in [0.25, 0.3) is 0 Å². The zero-order valence-electron chi connectivity index (χ0n) is 11.1. The van der Waals surface area contributed by atoms with Crippen LogP contribution in [-0.2, 0) is 6.54 Å². The van der Waals surface area contributed by atoms with Crippen LogP contribution in [0, 0.1) is 11.3 Å². The molecule has 2 aromatic heterocycles. The molecule has 0 aromatic carbocycles. The molecule has 22 heavy (non-hydrogen) atoms. The molecule has 0 atom stereocenters. The number of rotatable bonds is 5. The van der Waals surface area contributed by atoms with Gasteiger partial charge in [-0.15, -0.1) is 11.8 Å². The maximum absolute atomic E-state index is 12.2. The number of nitrogens with zero attached hydrogens (tertiary/aromatic N) is 5. The van der Waals surface area contributed by atoms with Crippen LogP contribution < -0.4 is 5.43 Å². The molecule has 0 fully saturated rings. The van der Waals surface area contributed by atoms with Crippen molar-refractivity contribution in [3.8, 4) is 6.07 Å². The molecule has 0 aliphatic rings. The fourth-order valence-electron chi connectivity index (χ4n) is 1.46. The normalized spacial score (nSPS) is 11.8. The number of halogens is 3. The Hall–Kier alpha value is -2.06. The fraction of sp³-hybridized carbons (Fsp3) is 0.273. The van der Waals surface area contributed by atoms with Crippen molar-refractivity contribution in [1.82, 2.24) is 14.2 Å². The molecule has 6 nitrogen and oxygen atoms in total. The quantitative estimate of drug-likeness (QED) is 0.512. The molecule has 2 heterocycles. The lowest BCUT2D eigenvalue weighted by atomic mass is 10.4. The molecule has 0 saturated carbocycles. The minimum Gasteiger partial charge on any atom is -0.266 e.